The zero-order chi connectivity index (χ0) is 19.3. The molecule has 0 spiro atoms. The van der Waals surface area contributed by atoms with Crippen LogP contribution in [0.25, 0.3) is 0 Å². The van der Waals surface area contributed by atoms with Gasteiger partial charge < -0.3 is 25.0 Å². The first-order valence-corrected chi connectivity index (χ1v) is 9.32. The molecule has 11 heteroatoms. The quantitative estimate of drug-likeness (QED) is 0.524. The van der Waals surface area contributed by atoms with Crippen molar-refractivity contribution in [3.8, 4) is 0 Å². The number of aliphatic imine (C=N–C) groups is 1. The molecule has 0 saturated carbocycles. The number of piperazine rings is 1. The van der Waals surface area contributed by atoms with Gasteiger partial charge in [-0.15, -0.1) is 5.10 Å². The average Bonchev–Trinajstić information content (AvgIpc) is 3.41. The topological polar surface area (TPSA) is 120 Å². The molecule has 2 aliphatic heterocycles. The molecule has 0 radical (unpaired) electrons. The van der Waals surface area contributed by atoms with Crippen molar-refractivity contribution < 1.29 is 9.47 Å². The van der Waals surface area contributed by atoms with Gasteiger partial charge in [-0.1, -0.05) is 5.21 Å². The fourth-order valence-electron chi connectivity index (χ4n) is 3.40. The standard InChI is InChI=1S/C17H25N9O2/c1-27-15-12-28-11-14(15)26-10-13(22-23-26)9-21-16(18)24-5-7-25(8-6-24)17-19-3-2-4-20-17/h2-4,10,14-15H,5-9,11-12H2,1H3,(H2,18,21)/t14-,15-/m1/s1. The van der Waals surface area contributed by atoms with Crippen molar-refractivity contribution in [2.24, 2.45) is 10.7 Å². The van der Waals surface area contributed by atoms with Gasteiger partial charge in [0.15, 0.2) is 5.96 Å². The van der Waals surface area contributed by atoms with Crippen LogP contribution in [-0.2, 0) is 16.0 Å². The summed E-state index contributed by atoms with van der Waals surface area (Å²) in [5, 5.41) is 8.39. The summed E-state index contributed by atoms with van der Waals surface area (Å²) < 4.78 is 12.7. The smallest absolute Gasteiger partial charge is 0.225 e. The number of ether oxygens (including phenoxy) is 2. The summed E-state index contributed by atoms with van der Waals surface area (Å²) >= 11 is 0. The van der Waals surface area contributed by atoms with E-state index in [9.17, 15) is 0 Å². The molecule has 0 aromatic carbocycles. The number of nitrogens with two attached hydrogens (primary N) is 1. The van der Waals surface area contributed by atoms with Gasteiger partial charge in [0.25, 0.3) is 0 Å². The second kappa shape index (κ2) is 8.48. The third-order valence-electron chi connectivity index (χ3n) is 5.04. The number of aromatic nitrogens is 5. The Hall–Kier alpha value is -2.79. The normalized spacial score (nSPS) is 23.4. The van der Waals surface area contributed by atoms with E-state index < -0.39 is 0 Å². The van der Waals surface area contributed by atoms with Gasteiger partial charge in [0, 0.05) is 45.7 Å². The van der Waals surface area contributed by atoms with Crippen molar-refractivity contribution in [1.82, 2.24) is 29.9 Å². The summed E-state index contributed by atoms with van der Waals surface area (Å²) in [5.41, 5.74) is 6.95. The number of hydrogen-bond donors (Lipinski definition) is 1. The van der Waals surface area contributed by atoms with Gasteiger partial charge >= 0.3 is 0 Å². The number of guanidine groups is 1. The molecule has 2 fully saturated rings. The number of hydrogen-bond acceptors (Lipinski definition) is 8. The number of anilines is 1. The highest BCUT2D eigenvalue weighted by molar-refractivity contribution is 5.78. The second-order valence-corrected chi connectivity index (χ2v) is 6.77. The van der Waals surface area contributed by atoms with Crippen molar-refractivity contribution >= 4 is 11.9 Å². The summed E-state index contributed by atoms with van der Waals surface area (Å²) in [4.78, 5) is 17.3. The van der Waals surface area contributed by atoms with Crippen molar-refractivity contribution in [3.05, 3.63) is 30.4 Å². The lowest BCUT2D eigenvalue weighted by molar-refractivity contribution is 0.0661. The van der Waals surface area contributed by atoms with Crippen molar-refractivity contribution in [2.45, 2.75) is 18.7 Å². The summed E-state index contributed by atoms with van der Waals surface area (Å²) in [5.74, 6) is 1.27. The molecule has 0 unspecified atom stereocenters. The molecule has 2 saturated heterocycles. The lowest BCUT2D eigenvalue weighted by atomic mass is 10.2. The maximum Gasteiger partial charge on any atom is 0.225 e. The highest BCUT2D eigenvalue weighted by Gasteiger charge is 2.30. The van der Waals surface area contributed by atoms with Gasteiger partial charge in [-0.2, -0.15) is 0 Å². The maximum atomic E-state index is 6.18. The molecule has 28 heavy (non-hydrogen) atoms. The molecule has 0 aliphatic carbocycles. The van der Waals surface area contributed by atoms with Crippen LogP contribution in [0.2, 0.25) is 0 Å². The van der Waals surface area contributed by atoms with E-state index >= 15 is 0 Å². The largest absolute Gasteiger partial charge is 0.377 e. The monoisotopic (exact) mass is 387 g/mol. The van der Waals surface area contributed by atoms with Crippen LogP contribution in [0.5, 0.6) is 0 Å². The molecular formula is C17H25N9O2. The highest BCUT2D eigenvalue weighted by Crippen LogP contribution is 2.21. The molecule has 4 heterocycles. The minimum absolute atomic E-state index is 0.00647. The number of methoxy groups -OCH3 is 1. The van der Waals surface area contributed by atoms with E-state index in [1.165, 1.54) is 0 Å². The Kier molecular flexibility index (Phi) is 5.63. The first kappa shape index (κ1) is 18.6. The van der Waals surface area contributed by atoms with Gasteiger partial charge in [0.05, 0.1) is 26.0 Å². The lowest BCUT2D eigenvalue weighted by Crippen LogP contribution is -2.51. The summed E-state index contributed by atoms with van der Waals surface area (Å²) in [6.07, 6.45) is 5.38. The maximum absolute atomic E-state index is 6.18. The Morgan fingerprint density at radius 3 is 2.79 bits per heavy atom. The lowest BCUT2D eigenvalue weighted by Gasteiger charge is -2.35. The van der Waals surface area contributed by atoms with Crippen LogP contribution in [0, 0.1) is 0 Å². The fourth-order valence-corrected chi connectivity index (χ4v) is 3.40. The molecule has 0 bridgehead atoms. The Labute approximate surface area is 163 Å². The predicted octanol–water partition coefficient (Wildman–Crippen LogP) is -0.709. The summed E-state index contributed by atoms with van der Waals surface area (Å²) in [6, 6.07) is 1.86. The molecule has 0 amide bonds. The van der Waals surface area contributed by atoms with Crippen molar-refractivity contribution in [3.63, 3.8) is 0 Å². The van der Waals surface area contributed by atoms with Crippen LogP contribution in [-0.4, -0.2) is 88.4 Å². The van der Waals surface area contributed by atoms with Gasteiger partial charge in [0.1, 0.15) is 17.8 Å². The Balaban J connectivity index is 1.31. The Morgan fingerprint density at radius 2 is 2.04 bits per heavy atom. The van der Waals surface area contributed by atoms with E-state index in [0.717, 1.165) is 37.8 Å². The SMILES string of the molecule is CO[C@@H]1COC[C@H]1n1cc(CN=C(N)N2CCN(c3ncccn3)CC2)nn1. The van der Waals surface area contributed by atoms with Crippen LogP contribution in [0.4, 0.5) is 5.95 Å². The molecule has 2 aromatic heterocycles. The second-order valence-electron chi connectivity index (χ2n) is 6.77. The van der Waals surface area contributed by atoms with E-state index in [0.29, 0.717) is 25.7 Å². The van der Waals surface area contributed by atoms with Crippen molar-refractivity contribution in [2.75, 3.05) is 51.4 Å². The van der Waals surface area contributed by atoms with E-state index in [1.54, 1.807) is 24.2 Å². The van der Waals surface area contributed by atoms with Gasteiger partial charge in [-0.25, -0.2) is 19.6 Å². The summed E-state index contributed by atoms with van der Waals surface area (Å²) in [6.45, 7) is 4.68. The molecule has 4 rings (SSSR count). The van der Waals surface area contributed by atoms with Gasteiger partial charge in [-0.05, 0) is 6.07 Å². The molecule has 2 aromatic rings. The minimum atomic E-state index is -0.00647. The third kappa shape index (κ3) is 4.04. The van der Waals surface area contributed by atoms with Crippen LogP contribution in [0.3, 0.4) is 0 Å². The van der Waals surface area contributed by atoms with Crippen molar-refractivity contribution in [1.29, 1.82) is 0 Å². The zero-order valence-electron chi connectivity index (χ0n) is 15.9. The van der Waals surface area contributed by atoms with Gasteiger partial charge in [0.2, 0.25) is 5.95 Å². The number of rotatable bonds is 5. The molecule has 11 nitrogen and oxygen atoms in total. The molecular weight excluding hydrogens is 362 g/mol. The first-order chi connectivity index (χ1) is 13.7. The van der Waals surface area contributed by atoms with Crippen LogP contribution in [0.1, 0.15) is 11.7 Å². The van der Waals surface area contributed by atoms with Crippen LogP contribution >= 0.6 is 0 Å². The summed E-state index contributed by atoms with van der Waals surface area (Å²) in [7, 11) is 1.68. The van der Waals surface area contributed by atoms with E-state index in [2.05, 4.69) is 35.1 Å². The highest BCUT2D eigenvalue weighted by atomic mass is 16.5. The third-order valence-corrected chi connectivity index (χ3v) is 5.04. The molecule has 2 aliphatic rings. The predicted molar refractivity (Wildman–Crippen MR) is 102 cm³/mol. The Morgan fingerprint density at radius 1 is 1.25 bits per heavy atom. The molecule has 150 valence electrons. The minimum Gasteiger partial charge on any atom is -0.377 e. The first-order valence-electron chi connectivity index (χ1n) is 9.32. The molecule has 2 N–H and O–H groups in total. The fraction of sp³-hybridized carbons (Fsp3) is 0.588. The van der Waals surface area contributed by atoms with E-state index in [1.807, 2.05) is 12.3 Å². The average molecular weight is 387 g/mol. The molecule has 2 atom stereocenters. The number of nitrogens with zero attached hydrogens (tertiary/aromatic N) is 8. The zero-order valence-corrected chi connectivity index (χ0v) is 15.9. The Bertz CT molecular complexity index is 789. The van der Waals surface area contributed by atoms with Crippen LogP contribution < -0.4 is 10.6 Å². The van der Waals surface area contributed by atoms with Crippen LogP contribution in [0.15, 0.2) is 29.6 Å². The van der Waals surface area contributed by atoms with E-state index in [-0.39, 0.29) is 12.1 Å². The van der Waals surface area contributed by atoms with Gasteiger partial charge in [-0.3, -0.25) is 0 Å². The van der Waals surface area contributed by atoms with E-state index in [4.69, 9.17) is 15.2 Å².